The lowest BCUT2D eigenvalue weighted by Gasteiger charge is -2.62. The standard InChI is InChI=1S/C38H54N8O5/c1-21-24(12-11-13-29(21)25-14-26(35(47)40-6)16-28(15-25)44(7)8)20-46-34(36(48)42-31-18-27-17-30(22(31)2)38(27,4)5)33(32(51-46)19-41-43-39)23(3)50-37(49)45(9)10/h11-16,22-23,27,30-34H,17-20H2,1-10H3,(H,40,47)(H,42,48)/t22-,23-,27+,30-,31-,32-,33+,34-/m0/s1. The van der Waals surface area contributed by atoms with E-state index in [0.29, 0.717) is 23.3 Å². The molecule has 2 bridgehead atoms. The van der Waals surface area contributed by atoms with Crippen molar-refractivity contribution in [3.8, 4) is 11.1 Å². The van der Waals surface area contributed by atoms with Crippen LogP contribution < -0.4 is 15.5 Å². The molecule has 6 rings (SSSR count). The number of benzene rings is 2. The van der Waals surface area contributed by atoms with E-state index in [1.54, 1.807) is 33.1 Å². The minimum absolute atomic E-state index is 0.0103. The fourth-order valence-electron chi connectivity index (χ4n) is 8.56. The van der Waals surface area contributed by atoms with Crippen molar-refractivity contribution in [2.24, 2.45) is 34.2 Å². The van der Waals surface area contributed by atoms with Gasteiger partial charge in [0.1, 0.15) is 12.1 Å². The zero-order valence-corrected chi connectivity index (χ0v) is 31.6. The van der Waals surface area contributed by atoms with E-state index < -0.39 is 30.3 Å². The van der Waals surface area contributed by atoms with E-state index in [4.69, 9.17) is 9.57 Å². The molecule has 3 saturated carbocycles. The summed E-state index contributed by atoms with van der Waals surface area (Å²) in [5, 5.41) is 11.6. The fraction of sp³-hybridized carbons (Fsp3) is 0.605. The van der Waals surface area contributed by atoms with Gasteiger partial charge in [-0.3, -0.25) is 14.4 Å². The van der Waals surface area contributed by atoms with Crippen molar-refractivity contribution in [1.82, 2.24) is 20.6 Å². The number of carbonyl (C=O) groups is 3. The summed E-state index contributed by atoms with van der Waals surface area (Å²) in [4.78, 5) is 52.8. The fourth-order valence-corrected chi connectivity index (χ4v) is 8.56. The second-order valence-corrected chi connectivity index (χ2v) is 15.5. The molecular formula is C38H54N8O5. The van der Waals surface area contributed by atoms with E-state index in [0.717, 1.165) is 34.4 Å². The molecule has 0 radical (unpaired) electrons. The molecule has 0 unspecified atom stereocenters. The van der Waals surface area contributed by atoms with Gasteiger partial charge in [-0.1, -0.05) is 44.1 Å². The number of hydrogen-bond acceptors (Lipinski definition) is 8. The van der Waals surface area contributed by atoms with Gasteiger partial charge in [-0.25, -0.2) is 4.79 Å². The van der Waals surface area contributed by atoms with Gasteiger partial charge in [0, 0.05) is 57.4 Å². The Morgan fingerprint density at radius 3 is 2.49 bits per heavy atom. The first-order valence-corrected chi connectivity index (χ1v) is 17.8. The predicted octanol–water partition coefficient (Wildman–Crippen LogP) is 5.77. The molecule has 0 spiro atoms. The lowest BCUT2D eigenvalue weighted by molar-refractivity contribution is -0.175. The molecule has 13 heteroatoms. The van der Waals surface area contributed by atoms with Gasteiger partial charge in [-0.15, -0.1) is 0 Å². The van der Waals surface area contributed by atoms with Gasteiger partial charge in [0.2, 0.25) is 5.91 Å². The largest absolute Gasteiger partial charge is 0.446 e. The summed E-state index contributed by atoms with van der Waals surface area (Å²) in [6, 6.07) is 10.9. The first-order valence-electron chi connectivity index (χ1n) is 17.8. The highest BCUT2D eigenvalue weighted by Crippen LogP contribution is 2.61. The number of hydroxylamine groups is 2. The molecule has 4 fully saturated rings. The Balaban J connectivity index is 1.51. The number of fused-ring (bicyclic) bond motifs is 2. The van der Waals surface area contributed by atoms with Crippen LogP contribution in [0.5, 0.6) is 0 Å². The van der Waals surface area contributed by atoms with Gasteiger partial charge < -0.3 is 25.2 Å². The minimum Gasteiger partial charge on any atom is -0.446 e. The summed E-state index contributed by atoms with van der Waals surface area (Å²) in [5.41, 5.74) is 14.6. The van der Waals surface area contributed by atoms with Crippen LogP contribution in [0.15, 0.2) is 41.5 Å². The SMILES string of the molecule is CNC(=O)c1cc(-c2cccc(CN3O[C@@H](CN=[N+]=[N-])[C@@H]([C@H](C)OC(=O)N(C)C)[C@H]3C(=O)N[C@H]3C[C@H]4C[C@@H]([C@@H]3C)C4(C)C)c2C)cc(N(C)C)c1. The van der Waals surface area contributed by atoms with Crippen molar-refractivity contribution >= 4 is 23.6 Å². The monoisotopic (exact) mass is 702 g/mol. The van der Waals surface area contributed by atoms with Gasteiger partial charge >= 0.3 is 6.09 Å². The summed E-state index contributed by atoms with van der Waals surface area (Å²) < 4.78 is 5.85. The molecule has 13 nitrogen and oxygen atoms in total. The highest BCUT2D eigenvalue weighted by atomic mass is 16.7. The summed E-state index contributed by atoms with van der Waals surface area (Å²) in [6.07, 6.45) is 0.108. The van der Waals surface area contributed by atoms with Crippen LogP contribution in [-0.2, 0) is 20.9 Å². The second-order valence-electron chi connectivity index (χ2n) is 15.5. The van der Waals surface area contributed by atoms with Crippen molar-refractivity contribution in [3.63, 3.8) is 0 Å². The quantitative estimate of drug-likeness (QED) is 0.171. The van der Waals surface area contributed by atoms with Gasteiger partial charge in [-0.2, -0.15) is 5.06 Å². The Bertz CT molecular complexity index is 1690. The summed E-state index contributed by atoms with van der Waals surface area (Å²) in [6.45, 7) is 10.9. The molecular weight excluding hydrogens is 648 g/mol. The topological polar surface area (TPSA) is 152 Å². The molecule has 2 aromatic carbocycles. The number of carbonyl (C=O) groups excluding carboxylic acids is 3. The number of amides is 3. The average Bonchev–Trinajstić information content (AvgIpc) is 3.46. The highest BCUT2D eigenvalue weighted by molar-refractivity contribution is 5.96. The Morgan fingerprint density at radius 2 is 1.88 bits per heavy atom. The first-order chi connectivity index (χ1) is 24.1. The van der Waals surface area contributed by atoms with E-state index in [1.165, 1.54) is 11.3 Å². The smallest absolute Gasteiger partial charge is 0.409 e. The van der Waals surface area contributed by atoms with Crippen LogP contribution in [0.2, 0.25) is 0 Å². The van der Waals surface area contributed by atoms with Gasteiger partial charge in [0.05, 0.1) is 25.1 Å². The average molecular weight is 703 g/mol. The Hall–Kier alpha value is -4.32. The lowest BCUT2D eigenvalue weighted by Crippen LogP contribution is -2.62. The lowest BCUT2D eigenvalue weighted by atomic mass is 9.45. The summed E-state index contributed by atoms with van der Waals surface area (Å²) in [5.74, 6) is 0.389. The third kappa shape index (κ3) is 7.52. The summed E-state index contributed by atoms with van der Waals surface area (Å²) >= 11 is 0. The van der Waals surface area contributed by atoms with Gasteiger partial charge in [-0.05, 0) is 95.8 Å². The van der Waals surface area contributed by atoms with Crippen molar-refractivity contribution in [3.05, 3.63) is 63.5 Å². The molecule has 3 aliphatic carbocycles. The number of nitrogens with one attached hydrogen (secondary N) is 2. The van der Waals surface area contributed by atoms with E-state index in [9.17, 15) is 19.9 Å². The van der Waals surface area contributed by atoms with Crippen molar-refractivity contribution in [1.29, 1.82) is 0 Å². The third-order valence-corrected chi connectivity index (χ3v) is 11.9. The second kappa shape index (κ2) is 15.1. The van der Waals surface area contributed by atoms with Crippen LogP contribution in [0.4, 0.5) is 10.5 Å². The maximum atomic E-state index is 14.6. The predicted molar refractivity (Wildman–Crippen MR) is 197 cm³/mol. The molecule has 51 heavy (non-hydrogen) atoms. The first kappa shape index (κ1) is 37.9. The minimum atomic E-state index is -0.840. The van der Waals surface area contributed by atoms with Crippen LogP contribution >= 0.6 is 0 Å². The number of hydrogen-bond donors (Lipinski definition) is 2. The van der Waals surface area contributed by atoms with E-state index >= 15 is 0 Å². The van der Waals surface area contributed by atoms with Crippen molar-refractivity contribution in [2.75, 3.05) is 46.7 Å². The van der Waals surface area contributed by atoms with Gasteiger partial charge in [0.25, 0.3) is 5.91 Å². The molecule has 276 valence electrons. The molecule has 2 N–H and O–H groups in total. The number of nitrogens with zero attached hydrogens (tertiary/aromatic N) is 6. The maximum absolute atomic E-state index is 14.6. The van der Waals surface area contributed by atoms with Crippen LogP contribution in [0, 0.1) is 36.0 Å². The maximum Gasteiger partial charge on any atom is 0.409 e. The molecule has 3 amide bonds. The molecule has 8 atom stereocenters. The number of rotatable bonds is 11. The number of anilines is 1. The Kier molecular flexibility index (Phi) is 11.2. The zero-order chi connectivity index (χ0) is 37.4. The van der Waals surface area contributed by atoms with Crippen molar-refractivity contribution < 1.29 is 24.0 Å². The number of ether oxygens (including phenoxy) is 1. The molecule has 4 aliphatic rings. The van der Waals surface area contributed by atoms with Crippen molar-refractivity contribution in [2.45, 2.75) is 78.3 Å². The molecule has 1 aliphatic heterocycles. The molecule has 1 heterocycles. The van der Waals surface area contributed by atoms with E-state index in [-0.39, 0.29) is 36.4 Å². The van der Waals surface area contributed by atoms with E-state index in [1.807, 2.05) is 62.3 Å². The van der Waals surface area contributed by atoms with Crippen LogP contribution in [0.25, 0.3) is 21.6 Å². The van der Waals surface area contributed by atoms with Crippen LogP contribution in [0.3, 0.4) is 0 Å². The van der Waals surface area contributed by atoms with Crippen LogP contribution in [-0.4, -0.2) is 93.9 Å². The zero-order valence-electron chi connectivity index (χ0n) is 31.6. The molecule has 2 aromatic rings. The molecule has 0 aromatic heterocycles. The normalized spacial score (nSPS) is 27.0. The number of azide groups is 1. The summed E-state index contributed by atoms with van der Waals surface area (Å²) in [7, 11) is 8.69. The van der Waals surface area contributed by atoms with Gasteiger partial charge in [0.15, 0.2) is 0 Å². The third-order valence-electron chi connectivity index (χ3n) is 11.9. The highest BCUT2D eigenvalue weighted by Gasteiger charge is 2.57. The molecule has 1 saturated heterocycles. The Labute approximate surface area is 301 Å². The van der Waals surface area contributed by atoms with Crippen LogP contribution in [0.1, 0.15) is 62.0 Å². The van der Waals surface area contributed by atoms with E-state index in [2.05, 4.69) is 41.4 Å². The Morgan fingerprint density at radius 1 is 1.16 bits per heavy atom.